The van der Waals surface area contributed by atoms with Crippen LogP contribution in [0.3, 0.4) is 0 Å². The molecule has 0 aliphatic carbocycles. The molecule has 0 spiro atoms. The number of carbonyl (C=O) groups is 1. The monoisotopic (exact) mass is 311 g/mol. The molecule has 4 heteroatoms. The molecule has 120 valence electrons. The SMILES string of the molecule is COc1cccc(C2CN(Cc3ccccc3)CC2C(=O)O)c1. The van der Waals surface area contributed by atoms with E-state index in [1.807, 2.05) is 42.5 Å². The number of likely N-dealkylation sites (tertiary alicyclic amines) is 1. The molecule has 1 N–H and O–H groups in total. The second-order valence-corrected chi connectivity index (χ2v) is 6.01. The third-order valence-electron chi connectivity index (χ3n) is 4.48. The molecule has 1 fully saturated rings. The number of aliphatic carboxylic acids is 1. The van der Waals surface area contributed by atoms with Crippen LogP contribution in [0.4, 0.5) is 0 Å². The van der Waals surface area contributed by atoms with Gasteiger partial charge in [0.15, 0.2) is 0 Å². The second-order valence-electron chi connectivity index (χ2n) is 6.01. The molecule has 2 aromatic carbocycles. The van der Waals surface area contributed by atoms with Gasteiger partial charge in [0.1, 0.15) is 5.75 Å². The van der Waals surface area contributed by atoms with Crippen molar-refractivity contribution in [1.29, 1.82) is 0 Å². The van der Waals surface area contributed by atoms with Crippen LogP contribution in [0, 0.1) is 5.92 Å². The average Bonchev–Trinajstić information content (AvgIpc) is 3.00. The number of carboxylic acid groups (broad SMARTS) is 1. The summed E-state index contributed by atoms with van der Waals surface area (Å²) in [4.78, 5) is 13.9. The Hall–Kier alpha value is -2.33. The Kier molecular flexibility index (Phi) is 4.63. The Morgan fingerprint density at radius 3 is 2.65 bits per heavy atom. The first-order valence-electron chi connectivity index (χ1n) is 7.80. The standard InChI is InChI=1S/C19H21NO3/c1-23-16-9-5-8-15(10-16)17-12-20(13-18(17)19(21)22)11-14-6-3-2-4-7-14/h2-10,17-18H,11-13H2,1H3,(H,21,22). The number of methoxy groups -OCH3 is 1. The van der Waals surface area contributed by atoms with Crippen LogP contribution in [0.15, 0.2) is 54.6 Å². The molecular weight excluding hydrogens is 290 g/mol. The van der Waals surface area contributed by atoms with Crippen LogP contribution in [-0.2, 0) is 11.3 Å². The van der Waals surface area contributed by atoms with Gasteiger partial charge in [-0.1, -0.05) is 42.5 Å². The van der Waals surface area contributed by atoms with Gasteiger partial charge in [-0.25, -0.2) is 0 Å². The first-order valence-corrected chi connectivity index (χ1v) is 7.80. The van der Waals surface area contributed by atoms with Gasteiger partial charge in [0.25, 0.3) is 0 Å². The summed E-state index contributed by atoms with van der Waals surface area (Å²) in [5, 5.41) is 9.60. The second kappa shape index (κ2) is 6.84. The smallest absolute Gasteiger partial charge is 0.308 e. The highest BCUT2D eigenvalue weighted by Crippen LogP contribution is 2.35. The van der Waals surface area contributed by atoms with E-state index >= 15 is 0 Å². The molecule has 2 aromatic rings. The number of benzene rings is 2. The van der Waals surface area contributed by atoms with E-state index in [2.05, 4.69) is 17.0 Å². The van der Waals surface area contributed by atoms with Gasteiger partial charge in [0, 0.05) is 25.6 Å². The molecule has 0 bridgehead atoms. The van der Waals surface area contributed by atoms with Crippen molar-refractivity contribution >= 4 is 5.97 Å². The van der Waals surface area contributed by atoms with E-state index in [0.717, 1.165) is 24.4 Å². The minimum atomic E-state index is -0.728. The zero-order chi connectivity index (χ0) is 16.2. The summed E-state index contributed by atoms with van der Waals surface area (Å²) in [5.74, 6) is -0.348. The molecule has 1 aliphatic rings. The van der Waals surface area contributed by atoms with Crippen LogP contribution in [0.2, 0.25) is 0 Å². The Labute approximate surface area is 136 Å². The number of carboxylic acids is 1. The van der Waals surface area contributed by atoms with Crippen molar-refractivity contribution in [2.75, 3.05) is 20.2 Å². The summed E-state index contributed by atoms with van der Waals surface area (Å²) in [6.07, 6.45) is 0. The maximum Gasteiger partial charge on any atom is 0.308 e. The topological polar surface area (TPSA) is 49.8 Å². The van der Waals surface area contributed by atoms with Crippen molar-refractivity contribution < 1.29 is 14.6 Å². The van der Waals surface area contributed by atoms with Crippen LogP contribution < -0.4 is 4.74 Å². The largest absolute Gasteiger partial charge is 0.497 e. The van der Waals surface area contributed by atoms with Crippen molar-refractivity contribution in [3.63, 3.8) is 0 Å². The Balaban J connectivity index is 1.79. The lowest BCUT2D eigenvalue weighted by Gasteiger charge is -2.17. The first-order chi connectivity index (χ1) is 11.2. The van der Waals surface area contributed by atoms with Gasteiger partial charge in [-0.05, 0) is 23.3 Å². The fourth-order valence-electron chi connectivity index (χ4n) is 3.32. The molecule has 0 saturated carbocycles. The Morgan fingerprint density at radius 2 is 1.96 bits per heavy atom. The highest BCUT2D eigenvalue weighted by molar-refractivity contribution is 5.72. The number of rotatable bonds is 5. The third kappa shape index (κ3) is 3.54. The van der Waals surface area contributed by atoms with Gasteiger partial charge in [-0.15, -0.1) is 0 Å². The van der Waals surface area contributed by atoms with E-state index in [1.54, 1.807) is 7.11 Å². The van der Waals surface area contributed by atoms with Crippen LogP contribution >= 0.6 is 0 Å². The lowest BCUT2D eigenvalue weighted by molar-refractivity contribution is -0.141. The van der Waals surface area contributed by atoms with Gasteiger partial charge in [0.2, 0.25) is 0 Å². The highest BCUT2D eigenvalue weighted by Gasteiger charge is 2.38. The molecule has 1 heterocycles. The fraction of sp³-hybridized carbons (Fsp3) is 0.316. The van der Waals surface area contributed by atoms with Gasteiger partial charge in [-0.2, -0.15) is 0 Å². The summed E-state index contributed by atoms with van der Waals surface area (Å²) in [6.45, 7) is 2.11. The predicted octanol–water partition coefficient (Wildman–Crippen LogP) is 3.00. The van der Waals surface area contributed by atoms with Crippen LogP contribution in [0.25, 0.3) is 0 Å². The van der Waals surface area contributed by atoms with E-state index in [0.29, 0.717) is 6.54 Å². The van der Waals surface area contributed by atoms with Crippen molar-refractivity contribution in [1.82, 2.24) is 4.90 Å². The van der Waals surface area contributed by atoms with Crippen molar-refractivity contribution in [3.05, 3.63) is 65.7 Å². The van der Waals surface area contributed by atoms with Crippen LogP contribution in [0.1, 0.15) is 17.0 Å². The van der Waals surface area contributed by atoms with Gasteiger partial charge >= 0.3 is 5.97 Å². The fourth-order valence-corrected chi connectivity index (χ4v) is 3.32. The Morgan fingerprint density at radius 1 is 1.17 bits per heavy atom. The molecule has 0 radical (unpaired) electrons. The van der Waals surface area contributed by atoms with E-state index in [1.165, 1.54) is 5.56 Å². The quantitative estimate of drug-likeness (QED) is 0.922. The number of hydrogen-bond donors (Lipinski definition) is 1. The maximum atomic E-state index is 11.7. The normalized spacial score (nSPS) is 21.3. The third-order valence-corrected chi connectivity index (χ3v) is 4.48. The molecular formula is C19H21NO3. The number of ether oxygens (including phenoxy) is 1. The van der Waals surface area contributed by atoms with Crippen LogP contribution in [-0.4, -0.2) is 36.2 Å². The van der Waals surface area contributed by atoms with E-state index in [-0.39, 0.29) is 11.8 Å². The zero-order valence-corrected chi connectivity index (χ0v) is 13.2. The number of hydrogen-bond acceptors (Lipinski definition) is 3. The van der Waals surface area contributed by atoms with Gasteiger partial charge < -0.3 is 9.84 Å². The lowest BCUT2D eigenvalue weighted by Crippen LogP contribution is -2.23. The van der Waals surface area contributed by atoms with E-state index in [4.69, 9.17) is 4.74 Å². The van der Waals surface area contributed by atoms with Crippen molar-refractivity contribution in [2.45, 2.75) is 12.5 Å². The molecule has 2 unspecified atom stereocenters. The molecule has 1 aliphatic heterocycles. The summed E-state index contributed by atoms with van der Waals surface area (Å²) >= 11 is 0. The minimum Gasteiger partial charge on any atom is -0.497 e. The van der Waals surface area contributed by atoms with E-state index < -0.39 is 5.97 Å². The minimum absolute atomic E-state index is 0.00804. The predicted molar refractivity (Wildman–Crippen MR) is 88.6 cm³/mol. The van der Waals surface area contributed by atoms with Crippen molar-refractivity contribution in [3.8, 4) is 5.75 Å². The van der Waals surface area contributed by atoms with Gasteiger partial charge in [-0.3, -0.25) is 9.69 Å². The lowest BCUT2D eigenvalue weighted by atomic mass is 9.89. The van der Waals surface area contributed by atoms with E-state index in [9.17, 15) is 9.90 Å². The maximum absolute atomic E-state index is 11.7. The zero-order valence-electron chi connectivity index (χ0n) is 13.2. The summed E-state index contributed by atoms with van der Waals surface area (Å²) in [5.41, 5.74) is 2.25. The molecule has 4 nitrogen and oxygen atoms in total. The first kappa shape index (κ1) is 15.6. The number of nitrogens with zero attached hydrogens (tertiary/aromatic N) is 1. The van der Waals surface area contributed by atoms with Crippen molar-refractivity contribution in [2.24, 2.45) is 5.92 Å². The average molecular weight is 311 g/mol. The molecule has 1 saturated heterocycles. The highest BCUT2D eigenvalue weighted by atomic mass is 16.5. The summed E-state index contributed by atoms with van der Waals surface area (Å²) < 4.78 is 5.27. The summed E-state index contributed by atoms with van der Waals surface area (Å²) in [7, 11) is 1.63. The van der Waals surface area contributed by atoms with Crippen LogP contribution in [0.5, 0.6) is 5.75 Å². The van der Waals surface area contributed by atoms with Gasteiger partial charge in [0.05, 0.1) is 13.0 Å². The molecule has 23 heavy (non-hydrogen) atoms. The molecule has 0 aromatic heterocycles. The molecule has 2 atom stereocenters. The molecule has 0 amide bonds. The molecule has 3 rings (SSSR count). The Bertz CT molecular complexity index is 671. The summed E-state index contributed by atoms with van der Waals surface area (Å²) in [6, 6.07) is 17.9.